The SMILES string of the molecule is C=C(C)C[C@H](OC)[C@H](O)C(=O)N[C@H](OC)[C@@H]1C[C@@H](O)C(C)(C)[C@@H](C[C@H](O)CC)O1. The van der Waals surface area contributed by atoms with Crippen molar-refractivity contribution in [2.24, 2.45) is 5.41 Å². The minimum absolute atomic E-state index is 0.250. The molecule has 1 saturated heterocycles. The van der Waals surface area contributed by atoms with Crippen LogP contribution in [-0.4, -0.2) is 78.3 Å². The number of amides is 1. The smallest absolute Gasteiger partial charge is 0.253 e. The average Bonchev–Trinajstić information content (AvgIpc) is 2.66. The van der Waals surface area contributed by atoms with Crippen molar-refractivity contribution in [3.05, 3.63) is 12.2 Å². The summed E-state index contributed by atoms with van der Waals surface area (Å²) in [5.41, 5.74) is 0.224. The maximum absolute atomic E-state index is 12.5. The number of aliphatic hydroxyl groups excluding tert-OH is 3. The van der Waals surface area contributed by atoms with E-state index in [9.17, 15) is 20.1 Å². The largest absolute Gasteiger partial charge is 0.393 e. The summed E-state index contributed by atoms with van der Waals surface area (Å²) in [6.07, 6.45) is -3.76. The molecule has 0 aromatic rings. The molecule has 4 N–H and O–H groups in total. The van der Waals surface area contributed by atoms with E-state index < -0.39 is 54.2 Å². The maximum atomic E-state index is 12.5. The lowest BCUT2D eigenvalue weighted by atomic mass is 9.74. The van der Waals surface area contributed by atoms with E-state index in [0.717, 1.165) is 5.57 Å². The Bertz CT molecular complexity index is 539. The summed E-state index contributed by atoms with van der Waals surface area (Å²) in [4.78, 5) is 12.5. The van der Waals surface area contributed by atoms with Gasteiger partial charge in [-0.3, -0.25) is 4.79 Å². The zero-order chi connectivity index (χ0) is 22.4. The molecular formula is C21H39NO7. The minimum Gasteiger partial charge on any atom is -0.393 e. The van der Waals surface area contributed by atoms with Crippen LogP contribution < -0.4 is 5.32 Å². The second-order valence-corrected chi connectivity index (χ2v) is 8.58. The molecule has 1 fully saturated rings. The van der Waals surface area contributed by atoms with Crippen molar-refractivity contribution in [1.82, 2.24) is 5.32 Å². The third kappa shape index (κ3) is 7.01. The summed E-state index contributed by atoms with van der Waals surface area (Å²) in [7, 11) is 2.84. The van der Waals surface area contributed by atoms with Gasteiger partial charge < -0.3 is 34.8 Å². The van der Waals surface area contributed by atoms with Gasteiger partial charge in [0.25, 0.3) is 5.91 Å². The van der Waals surface area contributed by atoms with Gasteiger partial charge in [0.15, 0.2) is 12.3 Å². The second-order valence-electron chi connectivity index (χ2n) is 8.58. The number of methoxy groups -OCH3 is 2. The summed E-state index contributed by atoms with van der Waals surface area (Å²) in [5.74, 6) is -0.655. The van der Waals surface area contributed by atoms with Crippen LogP contribution in [0, 0.1) is 5.41 Å². The molecule has 29 heavy (non-hydrogen) atoms. The molecule has 170 valence electrons. The minimum atomic E-state index is -1.41. The van der Waals surface area contributed by atoms with E-state index in [-0.39, 0.29) is 6.42 Å². The zero-order valence-corrected chi connectivity index (χ0v) is 18.6. The highest BCUT2D eigenvalue weighted by atomic mass is 16.6. The summed E-state index contributed by atoms with van der Waals surface area (Å²) in [6, 6.07) is 0. The van der Waals surface area contributed by atoms with Crippen molar-refractivity contribution in [2.75, 3.05) is 14.2 Å². The van der Waals surface area contributed by atoms with Gasteiger partial charge in [0, 0.05) is 32.5 Å². The van der Waals surface area contributed by atoms with Gasteiger partial charge >= 0.3 is 0 Å². The summed E-state index contributed by atoms with van der Waals surface area (Å²) in [5, 5.41) is 33.7. The molecule has 7 atom stereocenters. The molecule has 0 aliphatic carbocycles. The van der Waals surface area contributed by atoms with Crippen LogP contribution in [0.3, 0.4) is 0 Å². The monoisotopic (exact) mass is 417 g/mol. The number of ether oxygens (including phenoxy) is 3. The Morgan fingerprint density at radius 3 is 2.41 bits per heavy atom. The Balaban J connectivity index is 2.87. The van der Waals surface area contributed by atoms with Crippen molar-refractivity contribution in [2.45, 2.75) is 96.2 Å². The first-order valence-electron chi connectivity index (χ1n) is 10.2. The van der Waals surface area contributed by atoms with Crippen LogP contribution in [0.5, 0.6) is 0 Å². The van der Waals surface area contributed by atoms with Crippen LogP contribution in [0.4, 0.5) is 0 Å². The molecule has 0 unspecified atom stereocenters. The molecule has 1 rings (SSSR count). The highest BCUT2D eigenvalue weighted by molar-refractivity contribution is 5.81. The third-order valence-electron chi connectivity index (χ3n) is 5.79. The van der Waals surface area contributed by atoms with E-state index in [1.165, 1.54) is 14.2 Å². The zero-order valence-electron chi connectivity index (χ0n) is 18.6. The molecule has 1 heterocycles. The van der Waals surface area contributed by atoms with Gasteiger partial charge in [0.2, 0.25) is 0 Å². The Labute approximate surface area is 174 Å². The molecule has 8 heteroatoms. The predicted octanol–water partition coefficient (Wildman–Crippen LogP) is 1.12. The first-order valence-corrected chi connectivity index (χ1v) is 10.2. The third-order valence-corrected chi connectivity index (χ3v) is 5.79. The summed E-state index contributed by atoms with van der Waals surface area (Å²) >= 11 is 0. The van der Waals surface area contributed by atoms with Gasteiger partial charge in [-0.15, -0.1) is 6.58 Å². The van der Waals surface area contributed by atoms with Crippen molar-refractivity contribution in [3.63, 3.8) is 0 Å². The number of aliphatic hydroxyl groups is 3. The molecule has 1 aliphatic heterocycles. The number of hydrogen-bond acceptors (Lipinski definition) is 7. The van der Waals surface area contributed by atoms with Gasteiger partial charge in [-0.1, -0.05) is 26.3 Å². The number of rotatable bonds is 11. The van der Waals surface area contributed by atoms with Crippen LogP contribution in [0.25, 0.3) is 0 Å². The maximum Gasteiger partial charge on any atom is 0.253 e. The van der Waals surface area contributed by atoms with Gasteiger partial charge in [-0.05, 0) is 19.8 Å². The van der Waals surface area contributed by atoms with Crippen molar-refractivity contribution in [3.8, 4) is 0 Å². The molecule has 0 aromatic heterocycles. The average molecular weight is 418 g/mol. The lowest BCUT2D eigenvalue weighted by Crippen LogP contribution is -2.59. The highest BCUT2D eigenvalue weighted by Crippen LogP contribution is 2.39. The lowest BCUT2D eigenvalue weighted by Gasteiger charge is -2.47. The fourth-order valence-corrected chi connectivity index (χ4v) is 3.51. The van der Waals surface area contributed by atoms with Crippen molar-refractivity contribution >= 4 is 5.91 Å². The quantitative estimate of drug-likeness (QED) is 0.294. The van der Waals surface area contributed by atoms with E-state index >= 15 is 0 Å². The summed E-state index contributed by atoms with van der Waals surface area (Å²) in [6.45, 7) is 11.2. The standard InChI is InChI=1S/C21H39NO7/c1-8-13(23)10-17-21(4,5)16(24)11-15(29-17)20(28-7)22-19(26)18(25)14(27-6)9-12(2)3/h13-18,20,23-25H,2,8-11H2,1,3-7H3,(H,22,26)/t13-,14+,15+,16-,17-,18+,20-/m1/s1. The predicted molar refractivity (Wildman–Crippen MR) is 109 cm³/mol. The number of carbonyl (C=O) groups excluding carboxylic acids is 1. The first kappa shape index (κ1) is 26.0. The van der Waals surface area contributed by atoms with Gasteiger partial charge in [0.05, 0.1) is 24.4 Å². The second kappa shape index (κ2) is 11.4. The molecule has 0 spiro atoms. The molecule has 0 radical (unpaired) electrons. The number of hydrogen-bond donors (Lipinski definition) is 4. The van der Waals surface area contributed by atoms with E-state index in [1.54, 1.807) is 6.92 Å². The number of nitrogens with one attached hydrogen (secondary N) is 1. The van der Waals surface area contributed by atoms with Gasteiger partial charge in [0.1, 0.15) is 6.10 Å². The molecule has 0 saturated carbocycles. The normalized spacial score (nSPS) is 28.2. The fourth-order valence-electron chi connectivity index (χ4n) is 3.51. The van der Waals surface area contributed by atoms with E-state index in [0.29, 0.717) is 19.3 Å². The molecule has 1 amide bonds. The topological polar surface area (TPSA) is 117 Å². The van der Waals surface area contributed by atoms with E-state index in [2.05, 4.69) is 11.9 Å². The van der Waals surface area contributed by atoms with Crippen molar-refractivity contribution in [1.29, 1.82) is 0 Å². The van der Waals surface area contributed by atoms with E-state index in [1.807, 2.05) is 20.8 Å². The molecular weight excluding hydrogens is 378 g/mol. The van der Waals surface area contributed by atoms with Crippen LogP contribution >= 0.6 is 0 Å². The van der Waals surface area contributed by atoms with Crippen molar-refractivity contribution < 1.29 is 34.3 Å². The van der Waals surface area contributed by atoms with Crippen LogP contribution in [0.15, 0.2) is 12.2 Å². The number of carbonyl (C=O) groups is 1. The Morgan fingerprint density at radius 2 is 1.93 bits per heavy atom. The molecule has 1 aliphatic rings. The fraction of sp³-hybridized carbons (Fsp3) is 0.857. The van der Waals surface area contributed by atoms with Crippen LogP contribution in [-0.2, 0) is 19.0 Å². The Hall–Kier alpha value is -1.03. The lowest BCUT2D eigenvalue weighted by molar-refractivity contribution is -0.214. The van der Waals surface area contributed by atoms with Gasteiger partial charge in [-0.25, -0.2) is 0 Å². The Morgan fingerprint density at radius 1 is 1.31 bits per heavy atom. The molecule has 0 bridgehead atoms. The summed E-state index contributed by atoms with van der Waals surface area (Å²) < 4.78 is 16.8. The molecule has 0 aromatic carbocycles. The highest BCUT2D eigenvalue weighted by Gasteiger charge is 2.47. The van der Waals surface area contributed by atoms with Crippen LogP contribution in [0.1, 0.15) is 53.4 Å². The van der Waals surface area contributed by atoms with Crippen LogP contribution in [0.2, 0.25) is 0 Å². The van der Waals surface area contributed by atoms with Gasteiger partial charge in [-0.2, -0.15) is 0 Å². The first-order chi connectivity index (χ1) is 13.5. The Kier molecular flexibility index (Phi) is 10.2. The molecule has 8 nitrogen and oxygen atoms in total. The van der Waals surface area contributed by atoms with E-state index in [4.69, 9.17) is 14.2 Å².